The minimum Gasteiger partial charge on any atom is -0.493 e. The molecular weight excluding hydrogens is 470 g/mol. The molecule has 0 N–H and O–H groups in total. The highest BCUT2D eigenvalue weighted by atomic mass is 16.6. The van der Waals surface area contributed by atoms with Crippen LogP contribution < -0.4 is 9.47 Å². The lowest BCUT2D eigenvalue weighted by Gasteiger charge is -2.11. The van der Waals surface area contributed by atoms with Gasteiger partial charge in [0.05, 0.1) is 17.0 Å². The first-order chi connectivity index (χ1) is 17.2. The molecule has 0 unspecified atom stereocenters. The maximum atomic E-state index is 12.4. The van der Waals surface area contributed by atoms with Gasteiger partial charge in [-0.25, -0.2) is 9.79 Å². The molecular formula is C25H19N3O8. The molecule has 1 heterocycles. The Labute approximate surface area is 204 Å². The van der Waals surface area contributed by atoms with E-state index in [9.17, 15) is 25.0 Å². The Morgan fingerprint density at radius 3 is 2.50 bits per heavy atom. The van der Waals surface area contributed by atoms with Gasteiger partial charge in [-0.05, 0) is 48.4 Å². The largest absolute Gasteiger partial charge is 0.493 e. The molecule has 0 saturated carbocycles. The third-order valence-electron chi connectivity index (χ3n) is 5.27. The molecule has 0 bridgehead atoms. The summed E-state index contributed by atoms with van der Waals surface area (Å²) in [6.45, 7) is 1.68. The summed E-state index contributed by atoms with van der Waals surface area (Å²) in [5.41, 5.74) is 2.04. The van der Waals surface area contributed by atoms with Gasteiger partial charge >= 0.3 is 5.97 Å². The summed E-state index contributed by atoms with van der Waals surface area (Å²) in [6, 6.07) is 15.4. The van der Waals surface area contributed by atoms with Gasteiger partial charge in [0, 0.05) is 29.3 Å². The number of aryl methyl sites for hydroxylation is 1. The standard InChI is InChI=1S/C25H19N3O8/c1-15-10-18(7-8-21(15)28(32)33)24-26-20(25(29)36-24)12-16-6-9-22(23(13-16)34-2)35-14-17-4-3-5-19(11-17)27(30)31/h3-13H,14H2,1-2H3/b20-12-. The van der Waals surface area contributed by atoms with Crippen molar-refractivity contribution in [2.45, 2.75) is 13.5 Å². The van der Waals surface area contributed by atoms with Crippen LogP contribution in [0.4, 0.5) is 11.4 Å². The Balaban J connectivity index is 1.53. The maximum absolute atomic E-state index is 12.4. The molecule has 1 aliphatic rings. The quantitative estimate of drug-likeness (QED) is 0.191. The van der Waals surface area contributed by atoms with Crippen LogP contribution in [0.15, 0.2) is 71.4 Å². The Morgan fingerprint density at radius 2 is 1.81 bits per heavy atom. The Bertz CT molecular complexity index is 1440. The predicted molar refractivity (Wildman–Crippen MR) is 129 cm³/mol. The van der Waals surface area contributed by atoms with Crippen LogP contribution in [0.25, 0.3) is 6.08 Å². The van der Waals surface area contributed by atoms with Crippen LogP contribution in [0.1, 0.15) is 22.3 Å². The highest BCUT2D eigenvalue weighted by Gasteiger charge is 2.25. The molecule has 182 valence electrons. The van der Waals surface area contributed by atoms with Gasteiger partial charge in [-0.1, -0.05) is 18.2 Å². The van der Waals surface area contributed by atoms with Gasteiger partial charge in [-0.3, -0.25) is 20.2 Å². The van der Waals surface area contributed by atoms with E-state index in [2.05, 4.69) is 4.99 Å². The highest BCUT2D eigenvalue weighted by molar-refractivity contribution is 6.13. The van der Waals surface area contributed by atoms with Gasteiger partial charge in [-0.2, -0.15) is 0 Å². The van der Waals surface area contributed by atoms with Crippen LogP contribution in [-0.4, -0.2) is 28.8 Å². The van der Waals surface area contributed by atoms with Crippen molar-refractivity contribution in [3.05, 3.63) is 109 Å². The smallest absolute Gasteiger partial charge is 0.363 e. The first-order valence-electron chi connectivity index (χ1n) is 10.6. The van der Waals surface area contributed by atoms with Gasteiger partial charge in [-0.15, -0.1) is 0 Å². The third-order valence-corrected chi connectivity index (χ3v) is 5.27. The minimum absolute atomic E-state index is 0.0303. The number of carbonyl (C=O) groups is 1. The molecule has 0 saturated heterocycles. The second-order valence-electron chi connectivity index (χ2n) is 7.72. The van der Waals surface area contributed by atoms with E-state index in [0.29, 0.717) is 33.8 Å². The molecule has 0 fully saturated rings. The molecule has 3 aromatic carbocycles. The van der Waals surface area contributed by atoms with Gasteiger partial charge in [0.1, 0.15) is 6.61 Å². The van der Waals surface area contributed by atoms with Gasteiger partial charge < -0.3 is 14.2 Å². The number of nitrogens with zero attached hydrogens (tertiary/aromatic N) is 3. The van der Waals surface area contributed by atoms with E-state index in [1.165, 1.54) is 43.5 Å². The van der Waals surface area contributed by atoms with Gasteiger partial charge in [0.2, 0.25) is 5.90 Å². The number of nitro benzene ring substituents is 2. The topological polar surface area (TPSA) is 143 Å². The summed E-state index contributed by atoms with van der Waals surface area (Å²) in [7, 11) is 1.46. The van der Waals surface area contributed by atoms with Crippen molar-refractivity contribution in [1.29, 1.82) is 0 Å². The van der Waals surface area contributed by atoms with E-state index >= 15 is 0 Å². The lowest BCUT2D eigenvalue weighted by Crippen LogP contribution is -2.06. The number of carbonyl (C=O) groups excluding carboxylic acids is 1. The number of nitro groups is 2. The number of methoxy groups -OCH3 is 1. The van der Waals surface area contributed by atoms with Crippen molar-refractivity contribution in [1.82, 2.24) is 0 Å². The van der Waals surface area contributed by atoms with Crippen LogP contribution >= 0.6 is 0 Å². The first kappa shape index (κ1) is 24.1. The van der Waals surface area contributed by atoms with E-state index in [1.807, 2.05) is 0 Å². The molecule has 0 atom stereocenters. The monoisotopic (exact) mass is 489 g/mol. The fourth-order valence-electron chi connectivity index (χ4n) is 3.50. The van der Waals surface area contributed by atoms with Crippen molar-refractivity contribution < 1.29 is 28.9 Å². The number of rotatable bonds is 8. The molecule has 0 amide bonds. The van der Waals surface area contributed by atoms with Crippen LogP contribution in [0.5, 0.6) is 11.5 Å². The Kier molecular flexibility index (Phi) is 6.72. The molecule has 11 nitrogen and oxygen atoms in total. The van der Waals surface area contributed by atoms with Crippen LogP contribution in [0.3, 0.4) is 0 Å². The number of hydrogen-bond acceptors (Lipinski definition) is 9. The van der Waals surface area contributed by atoms with E-state index in [0.717, 1.165) is 0 Å². The van der Waals surface area contributed by atoms with Crippen molar-refractivity contribution in [2.75, 3.05) is 7.11 Å². The molecule has 0 aromatic heterocycles. The zero-order valence-corrected chi connectivity index (χ0v) is 19.2. The minimum atomic E-state index is -0.661. The summed E-state index contributed by atoms with van der Waals surface area (Å²) < 4.78 is 16.4. The van der Waals surface area contributed by atoms with Crippen LogP contribution in [0.2, 0.25) is 0 Å². The SMILES string of the molecule is COc1cc(/C=C2\N=C(c3ccc([N+](=O)[O-])c(C)c3)OC2=O)ccc1OCc1cccc([N+](=O)[O-])c1. The lowest BCUT2D eigenvalue weighted by atomic mass is 10.1. The zero-order valence-electron chi connectivity index (χ0n) is 19.2. The van der Waals surface area contributed by atoms with Crippen molar-refractivity contribution in [2.24, 2.45) is 4.99 Å². The van der Waals surface area contributed by atoms with Crippen molar-refractivity contribution in [3.63, 3.8) is 0 Å². The highest BCUT2D eigenvalue weighted by Crippen LogP contribution is 2.31. The number of benzene rings is 3. The molecule has 36 heavy (non-hydrogen) atoms. The Hall–Kier alpha value is -5.06. The van der Waals surface area contributed by atoms with Crippen molar-refractivity contribution >= 4 is 29.3 Å². The summed E-state index contributed by atoms with van der Waals surface area (Å²) in [5, 5.41) is 22.0. The zero-order chi connectivity index (χ0) is 25.8. The maximum Gasteiger partial charge on any atom is 0.363 e. The molecule has 4 rings (SSSR count). The molecule has 0 aliphatic carbocycles. The van der Waals surface area contributed by atoms with E-state index in [1.54, 1.807) is 37.3 Å². The molecule has 11 heteroatoms. The normalized spacial score (nSPS) is 13.8. The van der Waals surface area contributed by atoms with Crippen LogP contribution in [0, 0.1) is 27.2 Å². The Morgan fingerprint density at radius 1 is 1.00 bits per heavy atom. The predicted octanol–water partition coefficient (Wildman–Crippen LogP) is 4.74. The summed E-state index contributed by atoms with van der Waals surface area (Å²) in [5.74, 6) is 0.182. The summed E-state index contributed by atoms with van der Waals surface area (Å²) >= 11 is 0. The molecule has 0 spiro atoms. The second kappa shape index (κ2) is 10.1. The van der Waals surface area contributed by atoms with E-state index in [-0.39, 0.29) is 29.6 Å². The van der Waals surface area contributed by atoms with E-state index in [4.69, 9.17) is 14.2 Å². The first-order valence-corrected chi connectivity index (χ1v) is 10.6. The van der Waals surface area contributed by atoms with Gasteiger partial charge in [0.15, 0.2) is 17.2 Å². The van der Waals surface area contributed by atoms with Crippen molar-refractivity contribution in [3.8, 4) is 11.5 Å². The fraction of sp³-hybridized carbons (Fsp3) is 0.120. The number of hydrogen-bond donors (Lipinski definition) is 0. The number of aliphatic imine (C=N–C) groups is 1. The fourth-order valence-corrected chi connectivity index (χ4v) is 3.50. The average Bonchev–Trinajstić information content (AvgIpc) is 3.22. The molecule has 1 aliphatic heterocycles. The number of ether oxygens (including phenoxy) is 3. The van der Waals surface area contributed by atoms with Gasteiger partial charge in [0.25, 0.3) is 11.4 Å². The van der Waals surface area contributed by atoms with Crippen LogP contribution in [-0.2, 0) is 16.1 Å². The average molecular weight is 489 g/mol. The van der Waals surface area contributed by atoms with E-state index < -0.39 is 15.8 Å². The number of cyclic esters (lactones) is 1. The third kappa shape index (κ3) is 5.20. The molecule has 0 radical (unpaired) electrons. The summed E-state index contributed by atoms with van der Waals surface area (Å²) in [4.78, 5) is 37.6. The molecule has 3 aromatic rings. The number of non-ortho nitro benzene ring substituents is 1. The summed E-state index contributed by atoms with van der Waals surface area (Å²) in [6.07, 6.45) is 1.51. The second-order valence-corrected chi connectivity index (χ2v) is 7.72. The number of esters is 1. The lowest BCUT2D eigenvalue weighted by molar-refractivity contribution is -0.385.